The summed E-state index contributed by atoms with van der Waals surface area (Å²) < 4.78 is 30.6. The normalized spacial score (nSPS) is 18.2. The molecule has 266 valence electrons. The van der Waals surface area contributed by atoms with Crippen LogP contribution in [0.25, 0.3) is 39.1 Å². The van der Waals surface area contributed by atoms with E-state index < -0.39 is 5.60 Å². The average molecular weight is 702 g/mol. The summed E-state index contributed by atoms with van der Waals surface area (Å²) in [6, 6.07) is 38.7. The van der Waals surface area contributed by atoms with Crippen molar-refractivity contribution in [1.29, 1.82) is 0 Å². The summed E-state index contributed by atoms with van der Waals surface area (Å²) >= 11 is 0. The van der Waals surface area contributed by atoms with Crippen LogP contribution in [0.1, 0.15) is 41.7 Å². The topological polar surface area (TPSA) is 49.4 Å². The first kappa shape index (κ1) is 33.1. The van der Waals surface area contributed by atoms with Crippen molar-refractivity contribution in [1.82, 2.24) is 0 Å². The summed E-state index contributed by atoms with van der Waals surface area (Å²) in [4.78, 5) is 2.37. The fraction of sp³-hybridized carbons (Fsp3) is 0.234. The number of methoxy groups -OCH3 is 3. The highest BCUT2D eigenvalue weighted by atomic mass is 16.5. The van der Waals surface area contributed by atoms with E-state index in [0.29, 0.717) is 11.5 Å². The molecule has 0 amide bonds. The molecule has 6 aromatic rings. The van der Waals surface area contributed by atoms with Crippen LogP contribution in [0.4, 0.5) is 5.69 Å². The van der Waals surface area contributed by atoms with Crippen molar-refractivity contribution in [2.45, 2.75) is 24.9 Å². The van der Waals surface area contributed by atoms with Crippen molar-refractivity contribution >= 4 is 22.5 Å². The predicted octanol–water partition coefficient (Wildman–Crippen LogP) is 10.0. The zero-order valence-electron chi connectivity index (χ0n) is 30.9. The third-order valence-electron chi connectivity index (χ3n) is 11.4. The molecule has 0 N–H and O–H groups in total. The van der Waals surface area contributed by atoms with Gasteiger partial charge in [-0.15, -0.1) is 0 Å². The van der Waals surface area contributed by atoms with Crippen LogP contribution in [-0.4, -0.2) is 47.6 Å². The second-order valence-electron chi connectivity index (χ2n) is 14.5. The molecular formula is C47H43NO5. The van der Waals surface area contributed by atoms with Crippen LogP contribution in [0, 0.1) is 0 Å². The average Bonchev–Trinajstić information content (AvgIpc) is 3.46. The summed E-state index contributed by atoms with van der Waals surface area (Å²) in [5, 5.41) is 2.04. The van der Waals surface area contributed by atoms with Crippen LogP contribution in [-0.2, 0) is 15.8 Å². The summed E-state index contributed by atoms with van der Waals surface area (Å²) in [5.74, 6) is 2.95. The Morgan fingerprint density at radius 2 is 1.32 bits per heavy atom. The monoisotopic (exact) mass is 701 g/mol. The number of benzene rings is 6. The first-order chi connectivity index (χ1) is 25.9. The van der Waals surface area contributed by atoms with E-state index >= 15 is 0 Å². The van der Waals surface area contributed by atoms with Crippen molar-refractivity contribution in [2.75, 3.05) is 52.5 Å². The second-order valence-corrected chi connectivity index (χ2v) is 14.5. The van der Waals surface area contributed by atoms with E-state index in [9.17, 15) is 0 Å². The fourth-order valence-corrected chi connectivity index (χ4v) is 8.68. The van der Waals surface area contributed by atoms with Gasteiger partial charge in [-0.3, -0.25) is 0 Å². The van der Waals surface area contributed by atoms with E-state index in [4.69, 9.17) is 23.7 Å². The van der Waals surface area contributed by atoms with E-state index in [2.05, 4.69) is 128 Å². The first-order valence-electron chi connectivity index (χ1n) is 18.3. The molecule has 6 nitrogen and oxygen atoms in total. The maximum atomic E-state index is 7.59. The molecule has 1 aliphatic carbocycles. The van der Waals surface area contributed by atoms with Gasteiger partial charge >= 0.3 is 0 Å². The predicted molar refractivity (Wildman–Crippen MR) is 213 cm³/mol. The van der Waals surface area contributed by atoms with Gasteiger partial charge in [0.1, 0.15) is 11.5 Å². The molecule has 6 aromatic carbocycles. The molecule has 0 bridgehead atoms. The largest absolute Gasteiger partial charge is 0.497 e. The molecule has 9 rings (SSSR count). The molecule has 0 spiro atoms. The summed E-state index contributed by atoms with van der Waals surface area (Å²) in [5.41, 5.74) is 10.4. The van der Waals surface area contributed by atoms with E-state index in [1.807, 2.05) is 12.1 Å². The lowest BCUT2D eigenvalue weighted by Gasteiger charge is -2.39. The number of ether oxygens (including phenoxy) is 5. The lowest BCUT2D eigenvalue weighted by atomic mass is 9.76. The molecule has 0 radical (unpaired) electrons. The summed E-state index contributed by atoms with van der Waals surface area (Å²) in [6.07, 6.45) is 4.53. The highest BCUT2D eigenvalue weighted by molar-refractivity contribution is 6.10. The Balaban J connectivity index is 1.28. The third kappa shape index (κ3) is 5.19. The molecule has 3 aliphatic rings. The van der Waals surface area contributed by atoms with Gasteiger partial charge in [0.15, 0.2) is 17.1 Å². The molecule has 6 heteroatoms. The Morgan fingerprint density at radius 1 is 0.660 bits per heavy atom. The zero-order valence-corrected chi connectivity index (χ0v) is 30.9. The Hall–Kier alpha value is -5.72. The van der Waals surface area contributed by atoms with Crippen LogP contribution >= 0.6 is 0 Å². The molecule has 0 aromatic heterocycles. The van der Waals surface area contributed by atoms with Gasteiger partial charge in [0.25, 0.3) is 0 Å². The number of morpholine rings is 1. The molecule has 2 heterocycles. The van der Waals surface area contributed by atoms with Crippen molar-refractivity contribution < 1.29 is 23.7 Å². The standard InChI is InChI=1S/C47H43NO5/c1-46(2)40-27-31(30-9-7-6-8-10-30)11-20-36(40)43-38-28-41(50-4)42(51-5)29-39(38)45-37(44(43)46)21-22-47(53-45,33-14-18-35(49-3)19-15-33)32-12-16-34(17-13-32)48-23-25-52-26-24-48/h6-22,27-29H,23-26H2,1-5H3. The number of fused-ring (bicyclic) bond motifs is 8. The Labute approximate surface area is 311 Å². The number of anilines is 1. The lowest BCUT2D eigenvalue weighted by Crippen LogP contribution is -2.37. The van der Waals surface area contributed by atoms with Crippen molar-refractivity contribution in [3.63, 3.8) is 0 Å². The van der Waals surface area contributed by atoms with Gasteiger partial charge in [-0.2, -0.15) is 0 Å². The van der Waals surface area contributed by atoms with Gasteiger partial charge in [-0.1, -0.05) is 86.7 Å². The molecule has 2 aliphatic heterocycles. The molecule has 53 heavy (non-hydrogen) atoms. The molecule has 1 unspecified atom stereocenters. The summed E-state index contributed by atoms with van der Waals surface area (Å²) in [7, 11) is 5.08. The van der Waals surface area contributed by atoms with Crippen LogP contribution < -0.4 is 23.8 Å². The van der Waals surface area contributed by atoms with E-state index in [0.717, 1.165) is 65.3 Å². The van der Waals surface area contributed by atoms with Gasteiger partial charge in [0.05, 0.1) is 34.5 Å². The first-order valence-corrected chi connectivity index (χ1v) is 18.3. The molecule has 1 fully saturated rings. The zero-order chi connectivity index (χ0) is 36.3. The van der Waals surface area contributed by atoms with Gasteiger partial charge in [-0.25, -0.2) is 0 Å². The maximum absolute atomic E-state index is 7.59. The number of hydrogen-bond donors (Lipinski definition) is 0. The highest BCUT2D eigenvalue weighted by Gasteiger charge is 2.44. The minimum Gasteiger partial charge on any atom is -0.497 e. The highest BCUT2D eigenvalue weighted by Crippen LogP contribution is 2.59. The number of nitrogens with zero attached hydrogens (tertiary/aromatic N) is 1. The number of hydrogen-bond acceptors (Lipinski definition) is 6. The van der Waals surface area contributed by atoms with Gasteiger partial charge < -0.3 is 28.6 Å². The quantitative estimate of drug-likeness (QED) is 0.165. The van der Waals surface area contributed by atoms with Crippen LogP contribution in [0.5, 0.6) is 23.0 Å². The van der Waals surface area contributed by atoms with Crippen LogP contribution in [0.15, 0.2) is 115 Å². The Bertz CT molecular complexity index is 2370. The van der Waals surface area contributed by atoms with Crippen molar-refractivity contribution in [3.05, 3.63) is 143 Å². The van der Waals surface area contributed by atoms with Gasteiger partial charge in [0.2, 0.25) is 0 Å². The van der Waals surface area contributed by atoms with E-state index in [1.165, 1.54) is 39.1 Å². The maximum Gasteiger partial charge on any atom is 0.178 e. The fourth-order valence-electron chi connectivity index (χ4n) is 8.68. The Kier molecular flexibility index (Phi) is 7.97. The molecular weight excluding hydrogens is 659 g/mol. The Morgan fingerprint density at radius 3 is 1.98 bits per heavy atom. The molecule has 1 saturated heterocycles. The van der Waals surface area contributed by atoms with E-state index in [-0.39, 0.29) is 5.41 Å². The van der Waals surface area contributed by atoms with Crippen molar-refractivity contribution in [3.8, 4) is 45.3 Å². The molecule has 0 saturated carbocycles. The van der Waals surface area contributed by atoms with Crippen LogP contribution in [0.3, 0.4) is 0 Å². The van der Waals surface area contributed by atoms with E-state index in [1.54, 1.807) is 21.3 Å². The lowest BCUT2D eigenvalue weighted by molar-refractivity contribution is 0.122. The SMILES string of the molecule is COc1ccc(C2(c3ccc(N4CCOCC4)cc3)C=Cc3c4c(c5cc(OC)c(OC)cc5c3O2)-c2ccc(-c3ccccc3)cc2C4(C)C)cc1. The van der Waals surface area contributed by atoms with Gasteiger partial charge in [-0.05, 0) is 87.3 Å². The minimum absolute atomic E-state index is 0.325. The third-order valence-corrected chi connectivity index (χ3v) is 11.4. The number of rotatable bonds is 7. The second kappa shape index (κ2) is 12.7. The van der Waals surface area contributed by atoms with Crippen LogP contribution in [0.2, 0.25) is 0 Å². The molecule has 1 atom stereocenters. The van der Waals surface area contributed by atoms with Gasteiger partial charge in [0, 0.05) is 46.3 Å². The summed E-state index contributed by atoms with van der Waals surface area (Å²) in [6.45, 7) is 7.89. The minimum atomic E-state index is -0.923. The van der Waals surface area contributed by atoms with Crippen molar-refractivity contribution in [2.24, 2.45) is 0 Å². The smallest absolute Gasteiger partial charge is 0.178 e.